The van der Waals surface area contributed by atoms with Crippen LogP contribution < -0.4 is 5.73 Å². The lowest BCUT2D eigenvalue weighted by molar-refractivity contribution is -0.118. The molecule has 1 aromatic rings. The second-order valence-corrected chi connectivity index (χ2v) is 5.78. The molecule has 0 aliphatic rings. The topological polar surface area (TPSA) is 55.4 Å². The van der Waals surface area contributed by atoms with Crippen LogP contribution in [0.25, 0.3) is 0 Å². The van der Waals surface area contributed by atoms with Gasteiger partial charge in [-0.25, -0.2) is 0 Å². The number of aliphatic imine (C=N–C) groups is 1. The van der Waals surface area contributed by atoms with E-state index in [0.29, 0.717) is 27.0 Å². The van der Waals surface area contributed by atoms with Gasteiger partial charge in [-0.05, 0) is 39.0 Å². The van der Waals surface area contributed by atoms with E-state index < -0.39 is 11.8 Å². The Morgan fingerprint density at radius 1 is 1.29 bits per heavy atom. The van der Waals surface area contributed by atoms with Crippen molar-refractivity contribution >= 4 is 34.8 Å². The van der Waals surface area contributed by atoms with Crippen molar-refractivity contribution in [2.75, 3.05) is 0 Å². The van der Waals surface area contributed by atoms with Gasteiger partial charge in [-0.3, -0.25) is 9.79 Å². The summed E-state index contributed by atoms with van der Waals surface area (Å²) in [6, 6.07) is 5.04. The number of rotatable bonds is 5. The van der Waals surface area contributed by atoms with E-state index in [1.807, 2.05) is 13.8 Å². The fourth-order valence-corrected chi connectivity index (χ4v) is 2.53. The number of amides is 1. The number of nitrogens with two attached hydrogens (primary N) is 1. The molecular formula is C16H18Cl2N2O. The van der Waals surface area contributed by atoms with Crippen LogP contribution in [0.1, 0.15) is 32.3 Å². The summed E-state index contributed by atoms with van der Waals surface area (Å²) >= 11 is 12.4. The second kappa shape index (κ2) is 7.43. The second-order valence-electron chi connectivity index (χ2n) is 4.96. The van der Waals surface area contributed by atoms with Crippen LogP contribution in [0.3, 0.4) is 0 Å². The molecule has 0 fully saturated rings. The molecule has 0 spiro atoms. The van der Waals surface area contributed by atoms with Crippen molar-refractivity contribution < 1.29 is 4.79 Å². The molecule has 1 atom stereocenters. The highest BCUT2D eigenvalue weighted by atomic mass is 35.5. The van der Waals surface area contributed by atoms with Crippen molar-refractivity contribution in [3.8, 4) is 0 Å². The Morgan fingerprint density at radius 3 is 2.19 bits per heavy atom. The van der Waals surface area contributed by atoms with E-state index in [1.54, 1.807) is 31.2 Å². The van der Waals surface area contributed by atoms with Gasteiger partial charge < -0.3 is 5.73 Å². The highest BCUT2D eigenvalue weighted by molar-refractivity contribution is 6.37. The van der Waals surface area contributed by atoms with Crippen LogP contribution >= 0.6 is 23.2 Å². The normalized spacial score (nSPS) is 12.7. The van der Waals surface area contributed by atoms with Gasteiger partial charge in [0.15, 0.2) is 0 Å². The van der Waals surface area contributed by atoms with E-state index in [2.05, 4.69) is 11.6 Å². The van der Waals surface area contributed by atoms with Gasteiger partial charge in [0, 0.05) is 21.3 Å². The van der Waals surface area contributed by atoms with Crippen molar-refractivity contribution in [1.82, 2.24) is 0 Å². The standard InChI is InChI=1S/C16H18Cl2N2O/c1-9(2)8-13(20-10(3)4)15(16(19)21)14-11(17)6-5-7-12(14)18/h5-8,15H,3H2,1-2,4H3,(H2,19,21). The van der Waals surface area contributed by atoms with E-state index in [9.17, 15) is 4.79 Å². The molecule has 21 heavy (non-hydrogen) atoms. The van der Waals surface area contributed by atoms with Crippen molar-refractivity contribution in [2.45, 2.75) is 26.7 Å². The molecule has 5 heteroatoms. The first-order chi connectivity index (χ1) is 9.73. The van der Waals surface area contributed by atoms with Gasteiger partial charge >= 0.3 is 0 Å². The highest BCUT2D eigenvalue weighted by Crippen LogP contribution is 2.33. The molecule has 0 heterocycles. The summed E-state index contributed by atoms with van der Waals surface area (Å²) < 4.78 is 0. The first-order valence-electron chi connectivity index (χ1n) is 6.36. The maximum atomic E-state index is 12.0. The summed E-state index contributed by atoms with van der Waals surface area (Å²) in [6.07, 6.45) is 1.78. The smallest absolute Gasteiger partial charge is 0.231 e. The number of benzene rings is 1. The van der Waals surface area contributed by atoms with E-state index in [1.165, 1.54) is 0 Å². The molecule has 0 saturated carbocycles. The van der Waals surface area contributed by atoms with Crippen molar-refractivity contribution in [3.63, 3.8) is 0 Å². The maximum Gasteiger partial charge on any atom is 0.231 e. The van der Waals surface area contributed by atoms with E-state index >= 15 is 0 Å². The molecule has 112 valence electrons. The largest absolute Gasteiger partial charge is 0.369 e. The molecule has 1 aromatic carbocycles. The van der Waals surface area contributed by atoms with Gasteiger partial charge in [0.25, 0.3) is 0 Å². The molecule has 0 aliphatic carbocycles. The summed E-state index contributed by atoms with van der Waals surface area (Å²) in [5.41, 5.74) is 8.05. The molecule has 1 unspecified atom stereocenters. The zero-order chi connectivity index (χ0) is 16.2. The minimum absolute atomic E-state index is 0.378. The van der Waals surface area contributed by atoms with Gasteiger partial charge in [-0.15, -0.1) is 0 Å². The zero-order valence-corrected chi connectivity index (χ0v) is 13.8. The fourth-order valence-electron chi connectivity index (χ4n) is 1.92. The number of carbonyl (C=O) groups is 1. The number of nitrogens with zero attached hydrogens (tertiary/aromatic N) is 1. The Bertz CT molecular complexity index is 609. The lowest BCUT2D eigenvalue weighted by Gasteiger charge is -2.18. The van der Waals surface area contributed by atoms with Crippen molar-refractivity contribution in [2.24, 2.45) is 10.7 Å². The first kappa shape index (κ1) is 17.5. The SMILES string of the molecule is C=C(C)N=C(C=C(C)C)C(C(N)=O)c1c(Cl)cccc1Cl. The first-order valence-corrected chi connectivity index (χ1v) is 7.11. The number of primary amides is 1. The third-order valence-electron chi connectivity index (χ3n) is 2.63. The van der Waals surface area contributed by atoms with Crippen LogP contribution in [0.2, 0.25) is 10.0 Å². The Kier molecular flexibility index (Phi) is 6.19. The quantitative estimate of drug-likeness (QED) is 0.796. The Labute approximate surface area is 135 Å². The van der Waals surface area contributed by atoms with E-state index in [0.717, 1.165) is 5.57 Å². The maximum absolute atomic E-state index is 12.0. The third-order valence-corrected chi connectivity index (χ3v) is 3.28. The van der Waals surface area contributed by atoms with Crippen LogP contribution in [0, 0.1) is 0 Å². The summed E-state index contributed by atoms with van der Waals surface area (Å²) in [4.78, 5) is 16.3. The van der Waals surface area contributed by atoms with Crippen LogP contribution in [0.15, 0.2) is 47.1 Å². The minimum atomic E-state index is -0.821. The summed E-state index contributed by atoms with van der Waals surface area (Å²) in [5, 5.41) is 0.755. The number of hydrogen-bond acceptors (Lipinski definition) is 2. The monoisotopic (exact) mass is 324 g/mol. The lowest BCUT2D eigenvalue weighted by atomic mass is 9.91. The van der Waals surface area contributed by atoms with Gasteiger partial charge in [-0.2, -0.15) is 0 Å². The Balaban J connectivity index is 3.57. The lowest BCUT2D eigenvalue weighted by Crippen LogP contribution is -2.28. The average Bonchev–Trinajstić information content (AvgIpc) is 2.31. The van der Waals surface area contributed by atoms with Gasteiger partial charge in [0.1, 0.15) is 5.92 Å². The van der Waals surface area contributed by atoms with Crippen LogP contribution in [-0.2, 0) is 4.79 Å². The Morgan fingerprint density at radius 2 is 1.81 bits per heavy atom. The van der Waals surface area contributed by atoms with Gasteiger partial charge in [0.2, 0.25) is 5.91 Å². The van der Waals surface area contributed by atoms with Gasteiger partial charge in [0.05, 0.1) is 5.71 Å². The van der Waals surface area contributed by atoms with Crippen LogP contribution in [0.5, 0.6) is 0 Å². The molecule has 0 saturated heterocycles. The van der Waals surface area contributed by atoms with E-state index in [4.69, 9.17) is 28.9 Å². The van der Waals surface area contributed by atoms with E-state index in [-0.39, 0.29) is 0 Å². The summed E-state index contributed by atoms with van der Waals surface area (Å²) in [7, 11) is 0. The third kappa shape index (κ3) is 4.73. The number of carbonyl (C=O) groups excluding carboxylic acids is 1. The minimum Gasteiger partial charge on any atom is -0.369 e. The average molecular weight is 325 g/mol. The zero-order valence-electron chi connectivity index (χ0n) is 12.3. The van der Waals surface area contributed by atoms with Crippen LogP contribution in [0.4, 0.5) is 0 Å². The van der Waals surface area contributed by atoms with Gasteiger partial charge in [-0.1, -0.05) is 41.4 Å². The molecule has 0 bridgehead atoms. The molecule has 1 rings (SSSR count). The molecule has 0 radical (unpaired) electrons. The van der Waals surface area contributed by atoms with Crippen molar-refractivity contribution in [1.29, 1.82) is 0 Å². The number of halogens is 2. The van der Waals surface area contributed by atoms with Crippen molar-refractivity contribution in [3.05, 3.63) is 57.7 Å². The number of hydrogen-bond donors (Lipinski definition) is 1. The molecule has 0 aliphatic heterocycles. The molecule has 1 amide bonds. The predicted molar refractivity (Wildman–Crippen MR) is 90.1 cm³/mol. The summed E-state index contributed by atoms with van der Waals surface area (Å²) in [5.74, 6) is -1.39. The molecular weight excluding hydrogens is 307 g/mol. The molecule has 3 nitrogen and oxygen atoms in total. The highest BCUT2D eigenvalue weighted by Gasteiger charge is 2.27. The van der Waals surface area contributed by atoms with Crippen LogP contribution in [-0.4, -0.2) is 11.6 Å². The number of allylic oxidation sites excluding steroid dienone is 3. The summed E-state index contributed by atoms with van der Waals surface area (Å²) in [6.45, 7) is 9.29. The molecule has 0 aromatic heterocycles. The molecule has 2 N–H and O–H groups in total. The fraction of sp³-hybridized carbons (Fsp3) is 0.250. The predicted octanol–water partition coefficient (Wildman–Crippen LogP) is 4.50. The Hall–Kier alpha value is -1.58.